The van der Waals surface area contributed by atoms with Gasteiger partial charge in [-0.2, -0.15) is 0 Å². The Bertz CT molecular complexity index is 469. The van der Waals surface area contributed by atoms with Crippen LogP contribution in [0.15, 0.2) is 24.3 Å². The number of nitrogens with zero attached hydrogens (tertiary/aromatic N) is 1. The van der Waals surface area contributed by atoms with Crippen molar-refractivity contribution in [1.29, 1.82) is 0 Å². The average Bonchev–Trinajstić information content (AvgIpc) is 2.33. The quantitative estimate of drug-likeness (QED) is 0.799. The third kappa shape index (κ3) is 4.60. The molecule has 4 heteroatoms. The number of halogens is 1. The van der Waals surface area contributed by atoms with Gasteiger partial charge in [-0.25, -0.2) is 4.79 Å². The van der Waals surface area contributed by atoms with Crippen molar-refractivity contribution in [3.63, 3.8) is 0 Å². The molecule has 0 heterocycles. The van der Waals surface area contributed by atoms with Crippen LogP contribution in [-0.2, 0) is 4.79 Å². The number of benzene rings is 1. The number of anilines is 1. The Balaban J connectivity index is 3.21. The van der Waals surface area contributed by atoms with E-state index >= 15 is 0 Å². The van der Waals surface area contributed by atoms with E-state index in [1.54, 1.807) is 12.1 Å². The Kier molecular flexibility index (Phi) is 5.90. The molecule has 1 aromatic rings. The van der Waals surface area contributed by atoms with E-state index in [0.29, 0.717) is 11.1 Å². The predicted octanol–water partition coefficient (Wildman–Crippen LogP) is 4.06. The second kappa shape index (κ2) is 7.19. The molecule has 1 N–H and O–H groups in total. The lowest BCUT2D eigenvalue weighted by molar-refractivity contribution is -0.131. The summed E-state index contributed by atoms with van der Waals surface area (Å²) in [5, 5.41) is 9.40. The van der Waals surface area contributed by atoms with E-state index < -0.39 is 5.97 Å². The first-order chi connectivity index (χ1) is 8.95. The summed E-state index contributed by atoms with van der Waals surface area (Å²) in [7, 11) is 0. The van der Waals surface area contributed by atoms with Gasteiger partial charge in [0.15, 0.2) is 0 Å². The molecule has 0 fully saturated rings. The molecular weight excluding hydrogens is 262 g/mol. The molecule has 3 nitrogen and oxygen atoms in total. The van der Waals surface area contributed by atoms with Crippen LogP contribution >= 0.6 is 11.6 Å². The first-order valence-electron chi connectivity index (χ1n) is 6.43. The van der Waals surface area contributed by atoms with Crippen molar-refractivity contribution >= 4 is 29.3 Å². The lowest BCUT2D eigenvalue weighted by Crippen LogP contribution is -2.32. The summed E-state index contributed by atoms with van der Waals surface area (Å²) in [5.74, 6) is -0.951. The molecule has 0 saturated carbocycles. The molecule has 0 amide bonds. The molecule has 0 radical (unpaired) electrons. The second-order valence-electron chi connectivity index (χ2n) is 4.66. The third-order valence-electron chi connectivity index (χ3n) is 2.80. The van der Waals surface area contributed by atoms with Crippen molar-refractivity contribution in [2.45, 2.75) is 33.2 Å². The molecule has 0 unspecified atom stereocenters. The normalized spacial score (nSPS) is 11.2. The van der Waals surface area contributed by atoms with E-state index in [4.69, 9.17) is 16.7 Å². The number of hydrogen-bond donors (Lipinski definition) is 1. The molecule has 19 heavy (non-hydrogen) atoms. The van der Waals surface area contributed by atoms with Gasteiger partial charge in [-0.05, 0) is 44.0 Å². The summed E-state index contributed by atoms with van der Waals surface area (Å²) in [6.07, 6.45) is 3.78. The second-order valence-corrected chi connectivity index (χ2v) is 5.10. The first kappa shape index (κ1) is 15.6. The van der Waals surface area contributed by atoms with Gasteiger partial charge in [0.25, 0.3) is 0 Å². The Morgan fingerprint density at radius 2 is 2.16 bits per heavy atom. The summed E-state index contributed by atoms with van der Waals surface area (Å²) >= 11 is 6.06. The van der Waals surface area contributed by atoms with Crippen LogP contribution in [0.5, 0.6) is 0 Å². The number of carboxylic acids is 1. The Hall–Kier alpha value is -1.48. The fourth-order valence-electron chi connectivity index (χ4n) is 1.97. The maximum absolute atomic E-state index is 10.7. The minimum Gasteiger partial charge on any atom is -0.478 e. The predicted molar refractivity (Wildman–Crippen MR) is 80.9 cm³/mol. The molecule has 0 atom stereocenters. The van der Waals surface area contributed by atoms with E-state index in [-0.39, 0.29) is 0 Å². The highest BCUT2D eigenvalue weighted by molar-refractivity contribution is 6.31. The molecule has 0 aliphatic heterocycles. The van der Waals surface area contributed by atoms with Gasteiger partial charge in [-0.1, -0.05) is 24.6 Å². The summed E-state index contributed by atoms with van der Waals surface area (Å²) in [6, 6.07) is 5.84. The summed E-state index contributed by atoms with van der Waals surface area (Å²) in [4.78, 5) is 12.9. The lowest BCUT2D eigenvalue weighted by Gasteiger charge is -2.30. The van der Waals surface area contributed by atoms with Gasteiger partial charge in [0.2, 0.25) is 0 Å². The lowest BCUT2D eigenvalue weighted by atomic mass is 10.1. The van der Waals surface area contributed by atoms with Gasteiger partial charge in [-0.3, -0.25) is 0 Å². The maximum atomic E-state index is 10.7. The topological polar surface area (TPSA) is 40.5 Å². The number of carboxylic acid groups (broad SMARTS) is 1. The minimum atomic E-state index is -0.951. The number of rotatable bonds is 6. The van der Waals surface area contributed by atoms with Crippen LogP contribution in [0.25, 0.3) is 6.08 Å². The zero-order valence-corrected chi connectivity index (χ0v) is 12.3. The Morgan fingerprint density at radius 3 is 2.68 bits per heavy atom. The minimum absolute atomic E-state index is 0.329. The summed E-state index contributed by atoms with van der Waals surface area (Å²) < 4.78 is 0. The number of hydrogen-bond acceptors (Lipinski definition) is 2. The summed E-state index contributed by atoms with van der Waals surface area (Å²) in [6.45, 7) is 7.25. The van der Waals surface area contributed by atoms with Crippen LogP contribution in [0.4, 0.5) is 5.69 Å². The molecule has 1 aromatic carbocycles. The molecule has 0 bridgehead atoms. The highest BCUT2D eigenvalue weighted by Gasteiger charge is 2.13. The van der Waals surface area contributed by atoms with Crippen LogP contribution in [0.2, 0.25) is 5.02 Å². The molecule has 1 rings (SSSR count). The van der Waals surface area contributed by atoms with Crippen LogP contribution in [0.1, 0.15) is 32.8 Å². The smallest absolute Gasteiger partial charge is 0.328 e. The Labute approximate surface area is 119 Å². The zero-order chi connectivity index (χ0) is 14.4. The molecule has 0 spiro atoms. The summed E-state index contributed by atoms with van der Waals surface area (Å²) in [5.41, 5.74) is 1.84. The fourth-order valence-corrected chi connectivity index (χ4v) is 2.13. The monoisotopic (exact) mass is 281 g/mol. The molecule has 104 valence electrons. The third-order valence-corrected chi connectivity index (χ3v) is 3.03. The van der Waals surface area contributed by atoms with Crippen molar-refractivity contribution in [2.75, 3.05) is 11.4 Å². The van der Waals surface area contributed by atoms with Gasteiger partial charge in [0, 0.05) is 29.4 Å². The fraction of sp³-hybridized carbons (Fsp3) is 0.400. The largest absolute Gasteiger partial charge is 0.478 e. The molecule has 0 aromatic heterocycles. The van der Waals surface area contributed by atoms with Crippen molar-refractivity contribution in [3.8, 4) is 0 Å². The maximum Gasteiger partial charge on any atom is 0.328 e. The van der Waals surface area contributed by atoms with Crippen LogP contribution in [0.3, 0.4) is 0 Å². The van der Waals surface area contributed by atoms with Crippen LogP contribution in [-0.4, -0.2) is 23.7 Å². The van der Waals surface area contributed by atoms with E-state index in [2.05, 4.69) is 25.7 Å². The van der Waals surface area contributed by atoms with Crippen molar-refractivity contribution < 1.29 is 9.90 Å². The highest BCUT2D eigenvalue weighted by Crippen LogP contribution is 2.28. The molecule has 0 aliphatic carbocycles. The molecule has 0 aliphatic rings. The standard InChI is InChI=1S/C15H20ClNO2/c1-4-9-17(11(2)3)14-10-13(16)7-5-12(14)6-8-15(18)19/h5-8,10-11H,4,9H2,1-3H3,(H,18,19)/b8-6+. The van der Waals surface area contributed by atoms with Gasteiger partial charge < -0.3 is 10.0 Å². The zero-order valence-electron chi connectivity index (χ0n) is 11.6. The Morgan fingerprint density at radius 1 is 1.47 bits per heavy atom. The van der Waals surface area contributed by atoms with E-state index in [9.17, 15) is 4.79 Å². The van der Waals surface area contributed by atoms with E-state index in [1.165, 1.54) is 0 Å². The van der Waals surface area contributed by atoms with Crippen LogP contribution in [0, 0.1) is 0 Å². The average molecular weight is 282 g/mol. The van der Waals surface area contributed by atoms with Gasteiger partial charge >= 0.3 is 5.97 Å². The van der Waals surface area contributed by atoms with Gasteiger partial charge in [0.05, 0.1) is 0 Å². The first-order valence-corrected chi connectivity index (χ1v) is 6.80. The van der Waals surface area contributed by atoms with Crippen LogP contribution < -0.4 is 4.90 Å². The van der Waals surface area contributed by atoms with Crippen molar-refractivity contribution in [1.82, 2.24) is 0 Å². The highest BCUT2D eigenvalue weighted by atomic mass is 35.5. The van der Waals surface area contributed by atoms with Gasteiger partial charge in [0.1, 0.15) is 0 Å². The molecule has 0 saturated heterocycles. The number of aliphatic carboxylic acids is 1. The van der Waals surface area contributed by atoms with Crippen molar-refractivity contribution in [2.24, 2.45) is 0 Å². The van der Waals surface area contributed by atoms with E-state index in [1.807, 2.05) is 12.1 Å². The van der Waals surface area contributed by atoms with Gasteiger partial charge in [-0.15, -0.1) is 0 Å². The molecular formula is C15H20ClNO2. The van der Waals surface area contributed by atoms with E-state index in [0.717, 1.165) is 30.3 Å². The SMILES string of the molecule is CCCN(c1cc(Cl)ccc1/C=C/C(=O)O)C(C)C. The number of carbonyl (C=O) groups is 1. The van der Waals surface area contributed by atoms with Crippen molar-refractivity contribution in [3.05, 3.63) is 34.9 Å².